The van der Waals surface area contributed by atoms with E-state index >= 15 is 0 Å². The Kier molecular flexibility index (Phi) is 12.5. The number of rotatable bonds is 9. The zero-order valence-electron chi connectivity index (χ0n) is 24.7. The smallest absolute Gasteiger partial charge is 0.406 e. The van der Waals surface area contributed by atoms with Gasteiger partial charge in [0.25, 0.3) is 0 Å². The minimum absolute atomic E-state index is 0.136. The standard InChI is InChI=1S/C22H20F3N3O3.C9H19NO2/c1-30-20-11-14(21(29)31-2)8-9-18(20)27-10-4-5-15-12-16-17(26)6-3-7-19(16)28(15)13-22(23,24)25;1-12-8-9(11)7-10-5-3-2-4-6-10/h3,6-9,11-12,27H,10,13,26H2,1-2H3;9,11H,2-8H2,1H3. The Hall–Kier alpha value is -3.92. The zero-order chi connectivity index (χ0) is 31.4. The largest absolute Gasteiger partial charge is 0.495 e. The number of aliphatic hydroxyl groups is 1. The summed E-state index contributed by atoms with van der Waals surface area (Å²) >= 11 is 0. The quantitative estimate of drug-likeness (QED) is 0.186. The normalized spacial score (nSPS) is 14.2. The number of benzene rings is 2. The van der Waals surface area contributed by atoms with E-state index in [4.69, 9.17) is 15.2 Å². The molecule has 1 unspecified atom stereocenters. The number of methoxy groups -OCH3 is 3. The highest BCUT2D eigenvalue weighted by Crippen LogP contribution is 2.29. The molecular weight excluding hydrogens is 565 g/mol. The Labute approximate surface area is 249 Å². The minimum Gasteiger partial charge on any atom is -0.495 e. The van der Waals surface area contributed by atoms with E-state index in [9.17, 15) is 23.1 Å². The maximum Gasteiger partial charge on any atom is 0.406 e. The molecule has 0 bridgehead atoms. The SMILES string of the molecule is COC(=O)c1ccc(NCC#Cc2cc3c(N)cccc3n2CC(F)(F)F)c(OC)c1.COCC(O)CN1CCCCC1. The first-order valence-electron chi connectivity index (χ1n) is 13.9. The number of carbonyl (C=O) groups is 1. The van der Waals surface area contributed by atoms with Crippen LogP contribution in [0.15, 0.2) is 42.5 Å². The second-order valence-electron chi connectivity index (χ2n) is 10.0. The van der Waals surface area contributed by atoms with Crippen LogP contribution in [0.4, 0.5) is 24.5 Å². The number of likely N-dealkylation sites (tertiary alicyclic amines) is 1. The predicted octanol–water partition coefficient (Wildman–Crippen LogP) is 4.52. The lowest BCUT2D eigenvalue weighted by molar-refractivity contribution is -0.140. The fourth-order valence-corrected chi connectivity index (χ4v) is 4.80. The fraction of sp³-hybridized carbons (Fsp3) is 0.452. The van der Waals surface area contributed by atoms with Crippen molar-refractivity contribution in [2.45, 2.75) is 38.1 Å². The van der Waals surface area contributed by atoms with Crippen molar-refractivity contribution in [3.63, 3.8) is 0 Å². The van der Waals surface area contributed by atoms with Crippen LogP contribution in [0.25, 0.3) is 10.9 Å². The van der Waals surface area contributed by atoms with Gasteiger partial charge < -0.3 is 39.8 Å². The predicted molar refractivity (Wildman–Crippen MR) is 160 cm³/mol. The van der Waals surface area contributed by atoms with E-state index in [0.717, 1.165) is 24.2 Å². The molecule has 1 aliphatic rings. The summed E-state index contributed by atoms with van der Waals surface area (Å²) in [5.41, 5.74) is 7.77. The van der Waals surface area contributed by atoms with Gasteiger partial charge in [0.2, 0.25) is 0 Å². The average Bonchev–Trinajstić information content (AvgIpc) is 3.32. The van der Waals surface area contributed by atoms with Gasteiger partial charge >= 0.3 is 12.1 Å². The topological polar surface area (TPSA) is 111 Å². The van der Waals surface area contributed by atoms with Gasteiger partial charge in [0.05, 0.1) is 55.9 Å². The Morgan fingerprint density at radius 2 is 1.86 bits per heavy atom. The molecule has 234 valence electrons. The number of aliphatic hydroxyl groups excluding tert-OH is 1. The summed E-state index contributed by atoms with van der Waals surface area (Å²) in [6.07, 6.45) is -0.816. The van der Waals surface area contributed by atoms with Gasteiger partial charge in [-0.05, 0) is 68.2 Å². The van der Waals surface area contributed by atoms with Crippen LogP contribution in [-0.4, -0.2) is 86.9 Å². The molecule has 1 aliphatic heterocycles. The van der Waals surface area contributed by atoms with Crippen LogP contribution < -0.4 is 15.8 Å². The number of nitrogens with two attached hydrogens (primary N) is 1. The van der Waals surface area contributed by atoms with Crippen molar-refractivity contribution >= 4 is 28.2 Å². The fourth-order valence-electron chi connectivity index (χ4n) is 4.80. The van der Waals surface area contributed by atoms with E-state index in [1.54, 1.807) is 43.5 Å². The Bertz CT molecular complexity index is 1410. The van der Waals surface area contributed by atoms with Gasteiger partial charge in [-0.25, -0.2) is 4.79 Å². The summed E-state index contributed by atoms with van der Waals surface area (Å²) in [5, 5.41) is 13.0. The van der Waals surface area contributed by atoms with Gasteiger partial charge in [-0.1, -0.05) is 18.4 Å². The molecule has 1 aromatic heterocycles. The summed E-state index contributed by atoms with van der Waals surface area (Å²) in [7, 11) is 4.36. The van der Waals surface area contributed by atoms with E-state index in [1.807, 2.05) is 0 Å². The van der Waals surface area contributed by atoms with Crippen molar-refractivity contribution in [3.05, 3.63) is 53.7 Å². The van der Waals surface area contributed by atoms with Crippen molar-refractivity contribution in [1.29, 1.82) is 0 Å². The summed E-state index contributed by atoms with van der Waals surface area (Å²) in [6, 6.07) is 11.1. The molecule has 0 spiro atoms. The molecule has 4 rings (SSSR count). The molecule has 43 heavy (non-hydrogen) atoms. The highest BCUT2D eigenvalue weighted by molar-refractivity contribution is 5.93. The van der Waals surface area contributed by atoms with Crippen LogP contribution in [-0.2, 0) is 16.0 Å². The minimum atomic E-state index is -4.40. The lowest BCUT2D eigenvalue weighted by atomic mass is 10.1. The average molecular weight is 605 g/mol. The van der Waals surface area contributed by atoms with Crippen LogP contribution in [0.3, 0.4) is 0 Å². The Balaban J connectivity index is 0.000000353. The molecule has 2 heterocycles. The number of nitrogens with zero attached hydrogens (tertiary/aromatic N) is 2. The first kappa shape index (κ1) is 33.6. The van der Waals surface area contributed by atoms with E-state index in [2.05, 4.69) is 26.8 Å². The van der Waals surface area contributed by atoms with E-state index in [1.165, 1.54) is 39.5 Å². The second-order valence-corrected chi connectivity index (χ2v) is 10.0. The molecule has 0 aliphatic carbocycles. The molecule has 12 heteroatoms. The molecule has 3 aromatic rings. The number of ether oxygens (including phenoxy) is 3. The van der Waals surface area contributed by atoms with Crippen LogP contribution in [0, 0.1) is 11.8 Å². The zero-order valence-corrected chi connectivity index (χ0v) is 24.7. The highest BCUT2D eigenvalue weighted by atomic mass is 19.4. The van der Waals surface area contributed by atoms with Gasteiger partial charge in [-0.2, -0.15) is 13.2 Å². The van der Waals surface area contributed by atoms with Gasteiger partial charge in [0.15, 0.2) is 0 Å². The van der Waals surface area contributed by atoms with Crippen molar-refractivity contribution in [2.24, 2.45) is 0 Å². The molecule has 1 fully saturated rings. The number of esters is 1. The van der Waals surface area contributed by atoms with Crippen molar-refractivity contribution in [3.8, 4) is 17.6 Å². The van der Waals surface area contributed by atoms with Crippen LogP contribution in [0.5, 0.6) is 5.75 Å². The van der Waals surface area contributed by atoms with Crippen molar-refractivity contribution in [2.75, 3.05) is 65.2 Å². The third-order valence-corrected chi connectivity index (χ3v) is 6.80. The van der Waals surface area contributed by atoms with Gasteiger partial charge in [-0.3, -0.25) is 0 Å². The maximum absolute atomic E-state index is 13.1. The molecule has 0 radical (unpaired) electrons. The summed E-state index contributed by atoms with van der Waals surface area (Å²) in [4.78, 5) is 13.9. The highest BCUT2D eigenvalue weighted by Gasteiger charge is 2.29. The molecule has 2 aromatic carbocycles. The second kappa shape index (κ2) is 16.1. The van der Waals surface area contributed by atoms with E-state index in [0.29, 0.717) is 40.2 Å². The monoisotopic (exact) mass is 604 g/mol. The lowest BCUT2D eigenvalue weighted by Gasteiger charge is -2.28. The summed E-state index contributed by atoms with van der Waals surface area (Å²) < 4.78 is 55.1. The van der Waals surface area contributed by atoms with E-state index in [-0.39, 0.29) is 18.3 Å². The summed E-state index contributed by atoms with van der Waals surface area (Å²) in [6.45, 7) is 2.48. The van der Waals surface area contributed by atoms with Crippen LogP contribution in [0.1, 0.15) is 35.3 Å². The number of hydrogen-bond acceptors (Lipinski definition) is 8. The number of β-amino-alcohol motifs (C(OH)–C–C–N with tert-alkyl or cyclic N) is 1. The molecule has 9 nitrogen and oxygen atoms in total. The number of fused-ring (bicyclic) bond motifs is 1. The van der Waals surface area contributed by atoms with Crippen LogP contribution in [0.2, 0.25) is 0 Å². The maximum atomic E-state index is 13.1. The number of anilines is 2. The van der Waals surface area contributed by atoms with Gasteiger partial charge in [-0.15, -0.1) is 0 Å². The molecule has 0 amide bonds. The number of nitrogen functional groups attached to an aromatic ring is 1. The number of aromatic nitrogens is 1. The van der Waals surface area contributed by atoms with E-state index < -0.39 is 18.7 Å². The Morgan fingerprint density at radius 3 is 2.51 bits per heavy atom. The number of halogens is 3. The van der Waals surface area contributed by atoms with Crippen molar-refractivity contribution in [1.82, 2.24) is 9.47 Å². The molecule has 4 N–H and O–H groups in total. The van der Waals surface area contributed by atoms with Crippen LogP contribution >= 0.6 is 0 Å². The molecule has 1 atom stereocenters. The van der Waals surface area contributed by atoms with Gasteiger partial charge in [0.1, 0.15) is 12.3 Å². The first-order chi connectivity index (χ1) is 20.6. The Morgan fingerprint density at radius 1 is 1.12 bits per heavy atom. The number of nitrogens with one attached hydrogen (secondary N) is 1. The number of alkyl halides is 3. The third kappa shape index (κ3) is 10.1. The number of carbonyl (C=O) groups excluding carboxylic acids is 1. The number of piperidine rings is 1. The number of hydrogen-bond donors (Lipinski definition) is 3. The summed E-state index contributed by atoms with van der Waals surface area (Å²) in [5.74, 6) is 5.51. The lowest BCUT2D eigenvalue weighted by Crippen LogP contribution is -2.37. The first-order valence-corrected chi connectivity index (χ1v) is 13.9. The molecule has 1 saturated heterocycles. The third-order valence-electron chi connectivity index (χ3n) is 6.80. The molecule has 0 saturated carbocycles. The van der Waals surface area contributed by atoms with Crippen molar-refractivity contribution < 1.29 is 37.3 Å². The van der Waals surface area contributed by atoms with Gasteiger partial charge in [0, 0.05) is 24.7 Å². The molecular formula is C31H39F3N4O5.